The van der Waals surface area contributed by atoms with Gasteiger partial charge in [0.1, 0.15) is 5.82 Å². The van der Waals surface area contributed by atoms with Crippen molar-refractivity contribution < 1.29 is 0 Å². The van der Waals surface area contributed by atoms with Crippen LogP contribution < -0.4 is 10.2 Å². The molecule has 2 aromatic rings. The Kier molecular flexibility index (Phi) is 4.54. The molecule has 1 aliphatic heterocycles. The molecule has 1 saturated carbocycles. The lowest BCUT2D eigenvalue weighted by molar-refractivity contribution is 0.462. The zero-order valence-electron chi connectivity index (χ0n) is 14.7. The molecule has 0 aromatic carbocycles. The largest absolute Gasteiger partial charge is 0.367 e. The lowest BCUT2D eigenvalue weighted by Gasteiger charge is -2.25. The molecular formula is C18H28N6. The van der Waals surface area contributed by atoms with Crippen LogP contribution in [0.15, 0.2) is 6.20 Å². The van der Waals surface area contributed by atoms with Gasteiger partial charge in [0.15, 0.2) is 5.65 Å². The normalized spacial score (nSPS) is 20.3. The highest BCUT2D eigenvalue weighted by Gasteiger charge is 2.20. The summed E-state index contributed by atoms with van der Waals surface area (Å²) >= 11 is 0. The molecular weight excluding hydrogens is 300 g/mol. The van der Waals surface area contributed by atoms with E-state index in [-0.39, 0.29) is 0 Å². The van der Waals surface area contributed by atoms with Crippen LogP contribution in [0, 0.1) is 0 Å². The molecule has 0 spiro atoms. The molecule has 130 valence electrons. The lowest BCUT2D eigenvalue weighted by Crippen LogP contribution is -2.28. The Morgan fingerprint density at radius 3 is 2.42 bits per heavy atom. The van der Waals surface area contributed by atoms with Gasteiger partial charge in [0, 0.05) is 26.2 Å². The Hall–Kier alpha value is -1.85. The monoisotopic (exact) mass is 328 g/mol. The Balaban J connectivity index is 1.67. The molecule has 0 amide bonds. The summed E-state index contributed by atoms with van der Waals surface area (Å²) in [6.07, 6.45) is 13.5. The molecule has 0 unspecified atom stereocenters. The molecule has 6 nitrogen and oxygen atoms in total. The van der Waals surface area contributed by atoms with Gasteiger partial charge in [0.05, 0.1) is 11.6 Å². The van der Waals surface area contributed by atoms with Crippen molar-refractivity contribution in [1.82, 2.24) is 19.7 Å². The molecule has 3 heterocycles. The number of aromatic nitrogens is 4. The number of nitrogens with zero attached hydrogens (tertiary/aromatic N) is 5. The summed E-state index contributed by atoms with van der Waals surface area (Å²) in [6, 6.07) is 0.536. The average Bonchev–Trinajstić information content (AvgIpc) is 2.83. The molecule has 2 aliphatic rings. The van der Waals surface area contributed by atoms with E-state index in [4.69, 9.17) is 9.97 Å². The highest BCUT2D eigenvalue weighted by Crippen LogP contribution is 2.28. The third-order valence-corrected chi connectivity index (χ3v) is 5.42. The van der Waals surface area contributed by atoms with E-state index >= 15 is 0 Å². The van der Waals surface area contributed by atoms with Crippen LogP contribution in [0.3, 0.4) is 0 Å². The van der Waals surface area contributed by atoms with E-state index in [0.717, 1.165) is 35.9 Å². The number of nitrogens with one attached hydrogen (secondary N) is 1. The van der Waals surface area contributed by atoms with E-state index in [1.807, 2.05) is 17.9 Å². The topological polar surface area (TPSA) is 58.9 Å². The summed E-state index contributed by atoms with van der Waals surface area (Å²) in [5, 5.41) is 9.15. The lowest BCUT2D eigenvalue weighted by atomic mass is 9.95. The maximum absolute atomic E-state index is 4.92. The first-order valence-electron chi connectivity index (χ1n) is 9.52. The maximum Gasteiger partial charge on any atom is 0.229 e. The number of hydrogen-bond acceptors (Lipinski definition) is 5. The molecule has 0 bridgehead atoms. The van der Waals surface area contributed by atoms with Crippen LogP contribution in [-0.2, 0) is 7.05 Å². The quantitative estimate of drug-likeness (QED) is 0.934. The van der Waals surface area contributed by atoms with E-state index in [1.54, 1.807) is 0 Å². The van der Waals surface area contributed by atoms with Crippen LogP contribution in [0.5, 0.6) is 0 Å². The van der Waals surface area contributed by atoms with E-state index < -0.39 is 0 Å². The molecule has 0 atom stereocenters. The standard InChI is InChI=1S/C18H28N6/c1-23-17-15(13-19-23)16(20-14-9-5-4-6-10-14)21-18(22-17)24-11-7-2-3-8-12-24/h13-14H,2-12H2,1H3,(H,20,21,22). The minimum Gasteiger partial charge on any atom is -0.367 e. The van der Waals surface area contributed by atoms with Crippen LogP contribution in [0.2, 0.25) is 0 Å². The van der Waals surface area contributed by atoms with E-state index in [9.17, 15) is 0 Å². The average molecular weight is 328 g/mol. The van der Waals surface area contributed by atoms with Crippen molar-refractivity contribution in [1.29, 1.82) is 0 Å². The van der Waals surface area contributed by atoms with Crippen LogP contribution >= 0.6 is 0 Å². The van der Waals surface area contributed by atoms with E-state index in [0.29, 0.717) is 6.04 Å². The van der Waals surface area contributed by atoms with Crippen LogP contribution in [-0.4, -0.2) is 38.9 Å². The van der Waals surface area contributed by atoms with Crippen molar-refractivity contribution in [3.05, 3.63) is 6.20 Å². The van der Waals surface area contributed by atoms with E-state index in [1.165, 1.54) is 57.8 Å². The van der Waals surface area contributed by atoms with Crippen molar-refractivity contribution in [3.8, 4) is 0 Å². The molecule has 1 saturated heterocycles. The fraction of sp³-hybridized carbons (Fsp3) is 0.722. The second-order valence-electron chi connectivity index (χ2n) is 7.26. The third-order valence-electron chi connectivity index (χ3n) is 5.42. The summed E-state index contributed by atoms with van der Waals surface area (Å²) in [5.74, 6) is 1.84. The van der Waals surface area contributed by atoms with Gasteiger partial charge in [-0.2, -0.15) is 15.1 Å². The molecule has 24 heavy (non-hydrogen) atoms. The van der Waals surface area contributed by atoms with Crippen molar-refractivity contribution in [2.45, 2.75) is 63.8 Å². The minimum atomic E-state index is 0.536. The van der Waals surface area contributed by atoms with Crippen LogP contribution in [0.25, 0.3) is 11.0 Å². The number of fused-ring (bicyclic) bond motifs is 1. The number of hydrogen-bond donors (Lipinski definition) is 1. The molecule has 0 radical (unpaired) electrons. The van der Waals surface area contributed by atoms with Crippen molar-refractivity contribution in [2.75, 3.05) is 23.3 Å². The van der Waals surface area contributed by atoms with Crippen molar-refractivity contribution in [3.63, 3.8) is 0 Å². The van der Waals surface area contributed by atoms with Crippen molar-refractivity contribution >= 4 is 22.8 Å². The first-order valence-corrected chi connectivity index (χ1v) is 9.52. The van der Waals surface area contributed by atoms with Gasteiger partial charge in [-0.1, -0.05) is 32.1 Å². The Morgan fingerprint density at radius 1 is 0.958 bits per heavy atom. The van der Waals surface area contributed by atoms with Gasteiger partial charge in [-0.25, -0.2) is 0 Å². The zero-order chi connectivity index (χ0) is 16.4. The smallest absolute Gasteiger partial charge is 0.229 e. The Bertz CT molecular complexity index is 680. The van der Waals surface area contributed by atoms with E-state index in [2.05, 4.69) is 15.3 Å². The summed E-state index contributed by atoms with van der Waals surface area (Å²) in [7, 11) is 1.96. The first kappa shape index (κ1) is 15.7. The fourth-order valence-corrected chi connectivity index (χ4v) is 3.97. The second kappa shape index (κ2) is 6.95. The Morgan fingerprint density at radius 2 is 1.67 bits per heavy atom. The van der Waals surface area contributed by atoms with Gasteiger partial charge in [-0.05, 0) is 25.7 Å². The number of aryl methyl sites for hydroxylation is 1. The molecule has 4 rings (SSSR count). The number of rotatable bonds is 3. The highest BCUT2D eigenvalue weighted by atomic mass is 15.3. The molecule has 1 aliphatic carbocycles. The van der Waals surface area contributed by atoms with Crippen molar-refractivity contribution in [2.24, 2.45) is 7.05 Å². The molecule has 1 N–H and O–H groups in total. The van der Waals surface area contributed by atoms with Gasteiger partial charge in [-0.15, -0.1) is 0 Å². The molecule has 2 fully saturated rings. The first-order chi connectivity index (χ1) is 11.8. The summed E-state index contributed by atoms with van der Waals surface area (Å²) in [4.78, 5) is 12.1. The molecule has 6 heteroatoms. The SMILES string of the molecule is Cn1ncc2c(NC3CCCCC3)nc(N3CCCCCC3)nc21. The second-order valence-corrected chi connectivity index (χ2v) is 7.26. The summed E-state index contributed by atoms with van der Waals surface area (Å²) < 4.78 is 1.87. The number of anilines is 2. The van der Waals surface area contributed by atoms with Gasteiger partial charge in [0.2, 0.25) is 5.95 Å². The summed E-state index contributed by atoms with van der Waals surface area (Å²) in [5.41, 5.74) is 0.933. The minimum absolute atomic E-state index is 0.536. The van der Waals surface area contributed by atoms with Gasteiger partial charge < -0.3 is 10.2 Å². The van der Waals surface area contributed by atoms with Gasteiger partial charge >= 0.3 is 0 Å². The summed E-state index contributed by atoms with van der Waals surface area (Å²) in [6.45, 7) is 2.12. The predicted molar refractivity (Wildman–Crippen MR) is 97.5 cm³/mol. The Labute approximate surface area is 143 Å². The van der Waals surface area contributed by atoms with Crippen LogP contribution in [0.4, 0.5) is 11.8 Å². The predicted octanol–water partition coefficient (Wildman–Crippen LogP) is 3.49. The highest BCUT2D eigenvalue weighted by molar-refractivity contribution is 5.87. The maximum atomic E-state index is 4.92. The van der Waals surface area contributed by atoms with Gasteiger partial charge in [0.25, 0.3) is 0 Å². The molecule has 2 aromatic heterocycles. The van der Waals surface area contributed by atoms with Gasteiger partial charge in [-0.3, -0.25) is 4.68 Å². The van der Waals surface area contributed by atoms with Crippen LogP contribution in [0.1, 0.15) is 57.8 Å². The fourth-order valence-electron chi connectivity index (χ4n) is 3.97. The zero-order valence-corrected chi connectivity index (χ0v) is 14.7. The third kappa shape index (κ3) is 3.19.